The van der Waals surface area contributed by atoms with E-state index in [2.05, 4.69) is 31.6 Å². The quantitative estimate of drug-likeness (QED) is 0.659. The van der Waals surface area contributed by atoms with Crippen LogP contribution in [0.4, 0.5) is 11.8 Å². The molecule has 1 fully saturated rings. The van der Waals surface area contributed by atoms with Crippen molar-refractivity contribution in [2.24, 2.45) is 0 Å². The van der Waals surface area contributed by atoms with Crippen LogP contribution in [0.25, 0.3) is 0 Å². The molecule has 7 heteroatoms. The van der Waals surface area contributed by atoms with E-state index in [9.17, 15) is 0 Å². The molecule has 0 bridgehead atoms. The number of nitrogens with one attached hydrogen (secondary N) is 2. The van der Waals surface area contributed by atoms with Crippen molar-refractivity contribution >= 4 is 23.4 Å². The van der Waals surface area contributed by atoms with E-state index in [-0.39, 0.29) is 0 Å². The Kier molecular flexibility index (Phi) is 5.50. The topological polar surface area (TPSA) is 79.1 Å². The molecule has 0 atom stereocenters. The Morgan fingerprint density at radius 1 is 1.29 bits per heavy atom. The van der Waals surface area contributed by atoms with Crippen LogP contribution in [0.3, 0.4) is 0 Å². The number of benzene rings is 1. The molecule has 2 heterocycles. The van der Waals surface area contributed by atoms with Gasteiger partial charge in [0, 0.05) is 36.8 Å². The maximum Gasteiger partial charge on any atom is 0.222 e. The molecule has 3 rings (SSSR count). The van der Waals surface area contributed by atoms with Crippen molar-refractivity contribution < 1.29 is 0 Å². The van der Waals surface area contributed by atoms with Crippen LogP contribution in [0.5, 0.6) is 0 Å². The average molecular weight is 347 g/mol. The third-order valence-electron chi connectivity index (χ3n) is 4.18. The summed E-state index contributed by atoms with van der Waals surface area (Å²) in [6, 6.07) is 10.5. The fraction of sp³-hybridized carbons (Fsp3) is 0.412. The maximum absolute atomic E-state index is 6.00. The highest BCUT2D eigenvalue weighted by Crippen LogP contribution is 2.20. The number of hydrogen-bond donors (Lipinski definition) is 3. The lowest BCUT2D eigenvalue weighted by Gasteiger charge is -2.40. The second-order valence-electron chi connectivity index (χ2n) is 6.02. The first-order chi connectivity index (χ1) is 11.6. The first-order valence-corrected chi connectivity index (χ1v) is 8.52. The molecule has 1 aliphatic rings. The smallest absolute Gasteiger partial charge is 0.222 e. The molecule has 0 spiro atoms. The van der Waals surface area contributed by atoms with E-state index in [1.165, 1.54) is 5.56 Å². The van der Waals surface area contributed by atoms with Gasteiger partial charge in [-0.15, -0.1) is 0 Å². The minimum Gasteiger partial charge on any atom is -0.368 e. The van der Waals surface area contributed by atoms with Gasteiger partial charge in [-0.2, -0.15) is 4.98 Å². The normalized spacial score (nSPS) is 14.7. The highest BCUT2D eigenvalue weighted by atomic mass is 35.5. The van der Waals surface area contributed by atoms with Gasteiger partial charge in [0.05, 0.1) is 5.69 Å². The predicted molar refractivity (Wildman–Crippen MR) is 98.4 cm³/mol. The molecule has 24 heavy (non-hydrogen) atoms. The number of aromatic nitrogens is 2. The van der Waals surface area contributed by atoms with Gasteiger partial charge in [-0.1, -0.05) is 23.7 Å². The third-order valence-corrected chi connectivity index (χ3v) is 4.42. The number of nitrogens with zero attached hydrogens (tertiary/aromatic N) is 3. The van der Waals surface area contributed by atoms with Crippen molar-refractivity contribution in [3.63, 3.8) is 0 Å². The predicted octanol–water partition coefficient (Wildman–Crippen LogP) is 1.45. The number of nitrogen functional groups attached to an aromatic ring is 1. The summed E-state index contributed by atoms with van der Waals surface area (Å²) in [6.07, 6.45) is 0.921. The number of anilines is 2. The summed E-state index contributed by atoms with van der Waals surface area (Å²) >= 11 is 6.00. The van der Waals surface area contributed by atoms with E-state index in [1.807, 2.05) is 31.3 Å². The molecule has 0 radical (unpaired) electrons. The Bertz CT molecular complexity index is 687. The molecule has 6 nitrogen and oxygen atoms in total. The van der Waals surface area contributed by atoms with Crippen LogP contribution in [0.15, 0.2) is 30.3 Å². The van der Waals surface area contributed by atoms with Crippen molar-refractivity contribution in [3.8, 4) is 0 Å². The zero-order chi connectivity index (χ0) is 16.9. The van der Waals surface area contributed by atoms with E-state index >= 15 is 0 Å². The summed E-state index contributed by atoms with van der Waals surface area (Å²) < 4.78 is 0. The molecule has 0 saturated carbocycles. The zero-order valence-corrected chi connectivity index (χ0v) is 14.6. The van der Waals surface area contributed by atoms with Crippen molar-refractivity contribution in [3.05, 3.63) is 46.6 Å². The van der Waals surface area contributed by atoms with Crippen LogP contribution in [0.2, 0.25) is 5.02 Å². The summed E-state index contributed by atoms with van der Waals surface area (Å²) in [4.78, 5) is 10.8. The molecule has 1 saturated heterocycles. The Labute approximate surface area is 147 Å². The Morgan fingerprint density at radius 2 is 2.12 bits per heavy atom. The van der Waals surface area contributed by atoms with Gasteiger partial charge in [-0.05, 0) is 37.7 Å². The third kappa shape index (κ3) is 4.35. The van der Waals surface area contributed by atoms with Crippen LogP contribution in [-0.2, 0) is 13.0 Å². The highest BCUT2D eigenvalue weighted by Gasteiger charge is 2.26. The van der Waals surface area contributed by atoms with Crippen LogP contribution in [-0.4, -0.2) is 42.7 Å². The van der Waals surface area contributed by atoms with Crippen LogP contribution in [0.1, 0.15) is 11.3 Å². The standard InChI is InChI=1S/C17H23ClN6/c1-20-15-10-24(11-15)16-8-14(22-17(19)23-16)9-21-6-5-12-3-2-4-13(18)7-12/h2-4,7-8,15,20-21H,5-6,9-11H2,1H3,(H2,19,22,23). The van der Waals surface area contributed by atoms with Crippen molar-refractivity contribution in [1.82, 2.24) is 20.6 Å². The Hall–Kier alpha value is -1.89. The van der Waals surface area contributed by atoms with Crippen LogP contribution >= 0.6 is 11.6 Å². The zero-order valence-electron chi connectivity index (χ0n) is 13.8. The molecule has 1 aromatic heterocycles. The largest absolute Gasteiger partial charge is 0.368 e. The average Bonchev–Trinajstić information content (AvgIpc) is 2.50. The molecule has 0 amide bonds. The second kappa shape index (κ2) is 7.79. The van der Waals surface area contributed by atoms with Gasteiger partial charge in [0.25, 0.3) is 0 Å². The SMILES string of the molecule is CNC1CN(c2cc(CNCCc3cccc(Cl)c3)nc(N)n2)C1. The van der Waals surface area contributed by atoms with Gasteiger partial charge in [0.15, 0.2) is 0 Å². The fourth-order valence-electron chi connectivity index (χ4n) is 2.75. The van der Waals surface area contributed by atoms with E-state index in [4.69, 9.17) is 17.3 Å². The molecule has 2 aromatic rings. The molecule has 0 unspecified atom stereocenters. The molecule has 4 N–H and O–H groups in total. The van der Waals surface area contributed by atoms with Crippen molar-refractivity contribution in [2.45, 2.75) is 19.0 Å². The minimum atomic E-state index is 0.326. The molecule has 128 valence electrons. The molecular formula is C17H23ClN6. The lowest BCUT2D eigenvalue weighted by molar-refractivity contribution is 0.447. The first kappa shape index (κ1) is 17.0. The minimum absolute atomic E-state index is 0.326. The lowest BCUT2D eigenvalue weighted by Crippen LogP contribution is -2.57. The van der Waals surface area contributed by atoms with E-state index < -0.39 is 0 Å². The number of rotatable bonds is 7. The number of halogens is 1. The number of nitrogens with two attached hydrogens (primary N) is 1. The maximum atomic E-state index is 6.00. The molecular weight excluding hydrogens is 324 g/mol. The summed E-state index contributed by atoms with van der Waals surface area (Å²) in [5.74, 6) is 1.23. The van der Waals surface area contributed by atoms with Crippen LogP contribution < -0.4 is 21.3 Å². The van der Waals surface area contributed by atoms with Crippen LogP contribution in [0, 0.1) is 0 Å². The number of likely N-dealkylation sites (N-methyl/N-ethyl adjacent to an activating group) is 1. The molecule has 0 aliphatic carbocycles. The van der Waals surface area contributed by atoms with E-state index in [0.29, 0.717) is 18.5 Å². The first-order valence-electron chi connectivity index (χ1n) is 8.15. The summed E-state index contributed by atoms with van der Waals surface area (Å²) in [6.45, 7) is 3.43. The summed E-state index contributed by atoms with van der Waals surface area (Å²) in [5, 5.41) is 7.43. The molecule has 1 aliphatic heterocycles. The summed E-state index contributed by atoms with van der Waals surface area (Å²) in [5.41, 5.74) is 7.98. The monoisotopic (exact) mass is 346 g/mol. The van der Waals surface area contributed by atoms with E-state index in [0.717, 1.165) is 42.6 Å². The van der Waals surface area contributed by atoms with Gasteiger partial charge in [-0.25, -0.2) is 4.98 Å². The fourth-order valence-corrected chi connectivity index (χ4v) is 2.96. The molecule has 1 aromatic carbocycles. The van der Waals surface area contributed by atoms with Crippen molar-refractivity contribution in [1.29, 1.82) is 0 Å². The lowest BCUT2D eigenvalue weighted by atomic mass is 10.1. The van der Waals surface area contributed by atoms with E-state index in [1.54, 1.807) is 0 Å². The van der Waals surface area contributed by atoms with Crippen molar-refractivity contribution in [2.75, 3.05) is 37.3 Å². The van der Waals surface area contributed by atoms with Gasteiger partial charge < -0.3 is 21.3 Å². The Morgan fingerprint density at radius 3 is 2.88 bits per heavy atom. The van der Waals surface area contributed by atoms with Gasteiger partial charge in [0.1, 0.15) is 5.82 Å². The second-order valence-corrected chi connectivity index (χ2v) is 6.46. The van der Waals surface area contributed by atoms with Gasteiger partial charge in [-0.3, -0.25) is 0 Å². The summed E-state index contributed by atoms with van der Waals surface area (Å²) in [7, 11) is 1.98. The van der Waals surface area contributed by atoms with Gasteiger partial charge in [0.2, 0.25) is 5.95 Å². The highest BCUT2D eigenvalue weighted by molar-refractivity contribution is 6.30. The Balaban J connectivity index is 1.51. The number of hydrogen-bond acceptors (Lipinski definition) is 6. The van der Waals surface area contributed by atoms with Gasteiger partial charge >= 0.3 is 0 Å².